The predicted molar refractivity (Wildman–Crippen MR) is 87.7 cm³/mol. The van der Waals surface area contributed by atoms with Crippen molar-refractivity contribution in [2.75, 3.05) is 13.2 Å². The molecule has 1 atom stereocenters. The molecule has 23 heavy (non-hydrogen) atoms. The second-order valence-corrected chi connectivity index (χ2v) is 6.39. The summed E-state index contributed by atoms with van der Waals surface area (Å²) in [7, 11) is 0. The standard InChI is InChI=1S/C17H22ClNO4/c1-12(6-7-15(20)21)19-16(22)17(8-10-23-11-9-17)13-4-2-3-5-14(13)18/h2-5,12H,6-11H2,1H3,(H,19,22)(H,20,21). The van der Waals surface area contributed by atoms with Crippen molar-refractivity contribution in [3.63, 3.8) is 0 Å². The van der Waals surface area contributed by atoms with E-state index < -0.39 is 11.4 Å². The molecule has 6 heteroatoms. The van der Waals surface area contributed by atoms with Crippen molar-refractivity contribution in [2.45, 2.75) is 44.1 Å². The lowest BCUT2D eigenvalue weighted by Crippen LogP contribution is -2.50. The smallest absolute Gasteiger partial charge is 0.303 e. The zero-order valence-electron chi connectivity index (χ0n) is 13.2. The molecule has 0 spiro atoms. The van der Waals surface area contributed by atoms with Crippen molar-refractivity contribution in [1.29, 1.82) is 0 Å². The Morgan fingerprint density at radius 2 is 2.00 bits per heavy atom. The fourth-order valence-corrected chi connectivity index (χ4v) is 3.28. The molecule has 2 N–H and O–H groups in total. The maximum Gasteiger partial charge on any atom is 0.303 e. The molecule has 0 aliphatic carbocycles. The van der Waals surface area contributed by atoms with Crippen LogP contribution in [0.5, 0.6) is 0 Å². The number of carboxylic acid groups (broad SMARTS) is 1. The van der Waals surface area contributed by atoms with Crippen molar-refractivity contribution in [2.24, 2.45) is 0 Å². The number of hydrogen-bond acceptors (Lipinski definition) is 3. The summed E-state index contributed by atoms with van der Waals surface area (Å²) in [4.78, 5) is 23.6. The zero-order valence-corrected chi connectivity index (χ0v) is 13.9. The van der Waals surface area contributed by atoms with Crippen LogP contribution in [0.3, 0.4) is 0 Å². The fourth-order valence-electron chi connectivity index (χ4n) is 2.96. The number of halogens is 1. The van der Waals surface area contributed by atoms with Gasteiger partial charge in [-0.05, 0) is 37.8 Å². The Morgan fingerprint density at radius 1 is 1.35 bits per heavy atom. The van der Waals surface area contributed by atoms with Crippen LogP contribution >= 0.6 is 11.6 Å². The third kappa shape index (κ3) is 4.24. The topological polar surface area (TPSA) is 75.6 Å². The summed E-state index contributed by atoms with van der Waals surface area (Å²) in [5.74, 6) is -0.968. The number of rotatable bonds is 6. The Hall–Kier alpha value is -1.59. The summed E-state index contributed by atoms with van der Waals surface area (Å²) in [5, 5.41) is 12.3. The van der Waals surface area contributed by atoms with Crippen LogP contribution in [0.2, 0.25) is 5.02 Å². The van der Waals surface area contributed by atoms with Gasteiger partial charge in [0.1, 0.15) is 0 Å². The molecular formula is C17H22ClNO4. The number of carboxylic acids is 1. The molecule has 1 aromatic rings. The number of amides is 1. The summed E-state index contributed by atoms with van der Waals surface area (Å²) < 4.78 is 5.42. The monoisotopic (exact) mass is 339 g/mol. The summed E-state index contributed by atoms with van der Waals surface area (Å²) in [6.45, 7) is 2.82. The second kappa shape index (κ2) is 7.79. The number of ether oxygens (including phenoxy) is 1. The maximum atomic E-state index is 13.0. The Bertz CT molecular complexity index is 569. The Labute approximate surface area is 141 Å². The second-order valence-electron chi connectivity index (χ2n) is 5.98. The molecule has 5 nitrogen and oxygen atoms in total. The number of benzene rings is 1. The fraction of sp³-hybridized carbons (Fsp3) is 0.529. The highest BCUT2D eigenvalue weighted by Gasteiger charge is 2.43. The molecule has 1 aliphatic rings. The molecule has 1 heterocycles. The van der Waals surface area contributed by atoms with Gasteiger partial charge in [0, 0.05) is 30.7 Å². The van der Waals surface area contributed by atoms with Crippen LogP contribution in [0.25, 0.3) is 0 Å². The third-order valence-corrected chi connectivity index (χ3v) is 4.67. The maximum absolute atomic E-state index is 13.0. The molecular weight excluding hydrogens is 318 g/mol. The normalized spacial score (nSPS) is 18.2. The highest BCUT2D eigenvalue weighted by atomic mass is 35.5. The Balaban J connectivity index is 2.20. The molecule has 0 saturated carbocycles. The zero-order chi connectivity index (χ0) is 16.9. The number of nitrogens with one attached hydrogen (secondary N) is 1. The van der Waals surface area contributed by atoms with E-state index in [1.165, 1.54) is 0 Å². The van der Waals surface area contributed by atoms with Gasteiger partial charge in [0.25, 0.3) is 0 Å². The number of carbonyl (C=O) groups is 2. The number of aliphatic carboxylic acids is 1. The lowest BCUT2D eigenvalue weighted by Gasteiger charge is -2.37. The molecule has 0 bridgehead atoms. The first-order valence-corrected chi connectivity index (χ1v) is 8.19. The van der Waals surface area contributed by atoms with Crippen molar-refractivity contribution in [1.82, 2.24) is 5.32 Å². The van der Waals surface area contributed by atoms with E-state index in [1.807, 2.05) is 25.1 Å². The summed E-state index contributed by atoms with van der Waals surface area (Å²) in [5.41, 5.74) is 0.0987. The highest BCUT2D eigenvalue weighted by Crippen LogP contribution is 2.39. The third-order valence-electron chi connectivity index (χ3n) is 4.34. The first kappa shape index (κ1) is 17.8. The minimum absolute atomic E-state index is 0.0314. The largest absolute Gasteiger partial charge is 0.481 e. The Kier molecular flexibility index (Phi) is 6.02. The van der Waals surface area contributed by atoms with Gasteiger partial charge in [-0.15, -0.1) is 0 Å². The van der Waals surface area contributed by atoms with E-state index in [1.54, 1.807) is 6.07 Å². The summed E-state index contributed by atoms with van der Waals surface area (Å²) in [6, 6.07) is 7.18. The van der Waals surface area contributed by atoms with Crippen LogP contribution in [-0.2, 0) is 19.7 Å². The van der Waals surface area contributed by atoms with Crippen LogP contribution in [0.4, 0.5) is 0 Å². The quantitative estimate of drug-likeness (QED) is 0.835. The van der Waals surface area contributed by atoms with Crippen LogP contribution in [0.15, 0.2) is 24.3 Å². The molecule has 0 aromatic heterocycles. The molecule has 1 fully saturated rings. The number of hydrogen-bond donors (Lipinski definition) is 2. The first-order chi connectivity index (χ1) is 11.0. The predicted octanol–water partition coefficient (Wildman–Crippen LogP) is 2.76. The molecule has 2 rings (SSSR count). The van der Waals surface area contributed by atoms with Crippen molar-refractivity contribution < 1.29 is 19.4 Å². The van der Waals surface area contributed by atoms with Gasteiger partial charge < -0.3 is 15.2 Å². The molecule has 1 unspecified atom stereocenters. The molecule has 1 aromatic carbocycles. The van der Waals surface area contributed by atoms with Crippen LogP contribution in [-0.4, -0.2) is 36.2 Å². The van der Waals surface area contributed by atoms with Gasteiger partial charge in [-0.3, -0.25) is 9.59 Å². The van der Waals surface area contributed by atoms with Crippen LogP contribution < -0.4 is 5.32 Å². The van der Waals surface area contributed by atoms with E-state index in [-0.39, 0.29) is 18.4 Å². The summed E-state index contributed by atoms with van der Waals surface area (Å²) >= 11 is 6.33. The van der Waals surface area contributed by atoms with E-state index in [0.717, 1.165) is 5.56 Å². The molecule has 126 valence electrons. The van der Waals surface area contributed by atoms with Gasteiger partial charge in [0.05, 0.1) is 5.41 Å². The van der Waals surface area contributed by atoms with Gasteiger partial charge >= 0.3 is 5.97 Å². The van der Waals surface area contributed by atoms with E-state index in [0.29, 0.717) is 37.5 Å². The molecule has 1 aliphatic heterocycles. The lowest BCUT2D eigenvalue weighted by molar-refractivity contribution is -0.138. The van der Waals surface area contributed by atoms with E-state index in [4.69, 9.17) is 21.4 Å². The lowest BCUT2D eigenvalue weighted by atomic mass is 9.73. The highest BCUT2D eigenvalue weighted by molar-refractivity contribution is 6.31. The van der Waals surface area contributed by atoms with E-state index >= 15 is 0 Å². The molecule has 1 saturated heterocycles. The van der Waals surface area contributed by atoms with Gasteiger partial charge in [0.15, 0.2) is 0 Å². The van der Waals surface area contributed by atoms with E-state index in [9.17, 15) is 9.59 Å². The Morgan fingerprint density at radius 3 is 2.61 bits per heavy atom. The minimum Gasteiger partial charge on any atom is -0.481 e. The van der Waals surface area contributed by atoms with Gasteiger partial charge in [-0.25, -0.2) is 0 Å². The first-order valence-electron chi connectivity index (χ1n) is 7.81. The summed E-state index contributed by atoms with van der Waals surface area (Å²) in [6.07, 6.45) is 1.56. The van der Waals surface area contributed by atoms with Crippen molar-refractivity contribution in [3.05, 3.63) is 34.9 Å². The van der Waals surface area contributed by atoms with Gasteiger partial charge in [-0.2, -0.15) is 0 Å². The number of carbonyl (C=O) groups excluding carboxylic acids is 1. The van der Waals surface area contributed by atoms with Gasteiger partial charge in [-0.1, -0.05) is 29.8 Å². The van der Waals surface area contributed by atoms with Gasteiger partial charge in [0.2, 0.25) is 5.91 Å². The molecule has 0 radical (unpaired) electrons. The van der Waals surface area contributed by atoms with Crippen LogP contribution in [0, 0.1) is 0 Å². The SMILES string of the molecule is CC(CCC(=O)O)NC(=O)C1(c2ccccc2Cl)CCOCC1. The minimum atomic E-state index is -0.863. The van der Waals surface area contributed by atoms with Crippen molar-refractivity contribution >= 4 is 23.5 Å². The van der Waals surface area contributed by atoms with Crippen molar-refractivity contribution in [3.8, 4) is 0 Å². The van der Waals surface area contributed by atoms with E-state index in [2.05, 4.69) is 5.32 Å². The van der Waals surface area contributed by atoms with Crippen LogP contribution in [0.1, 0.15) is 38.2 Å². The average molecular weight is 340 g/mol. The average Bonchev–Trinajstić information content (AvgIpc) is 2.54. The molecule has 1 amide bonds.